The van der Waals surface area contributed by atoms with Crippen LogP contribution in [0.3, 0.4) is 0 Å². The van der Waals surface area contributed by atoms with E-state index in [0.717, 1.165) is 28.5 Å². The molecule has 19 heavy (non-hydrogen) atoms. The van der Waals surface area contributed by atoms with Crippen LogP contribution in [-0.4, -0.2) is 19.6 Å². The SMILES string of the molecule is CCc1nc2c3c4c(sc3nc(C)n2n1)CCCC4. The first-order chi connectivity index (χ1) is 9.28. The van der Waals surface area contributed by atoms with E-state index in [4.69, 9.17) is 9.97 Å². The van der Waals surface area contributed by atoms with E-state index in [1.807, 2.05) is 22.8 Å². The standard InChI is InChI=1S/C14H16N4S/c1-3-11-16-13-12-9-6-4-5-7-10(9)19-14(12)15-8(2)18(13)17-11/h3-7H2,1-2H3. The number of hydrogen-bond donors (Lipinski definition) is 0. The summed E-state index contributed by atoms with van der Waals surface area (Å²) < 4.78 is 1.92. The first-order valence-corrected chi connectivity index (χ1v) is 7.76. The average Bonchev–Trinajstić information content (AvgIpc) is 2.98. The molecule has 3 aromatic heterocycles. The van der Waals surface area contributed by atoms with E-state index in [1.165, 1.54) is 41.5 Å². The molecule has 3 heterocycles. The fourth-order valence-corrected chi connectivity index (χ4v) is 4.25. The molecule has 0 aromatic carbocycles. The van der Waals surface area contributed by atoms with E-state index in [1.54, 1.807) is 0 Å². The molecule has 98 valence electrons. The maximum absolute atomic E-state index is 4.74. The summed E-state index contributed by atoms with van der Waals surface area (Å²) in [7, 11) is 0. The fourth-order valence-electron chi connectivity index (χ4n) is 2.95. The highest BCUT2D eigenvalue weighted by molar-refractivity contribution is 7.19. The Morgan fingerprint density at radius 1 is 1.21 bits per heavy atom. The molecule has 1 aliphatic rings. The first-order valence-electron chi connectivity index (χ1n) is 6.94. The van der Waals surface area contributed by atoms with Crippen molar-refractivity contribution in [3.05, 3.63) is 22.1 Å². The number of fused-ring (bicyclic) bond motifs is 5. The second-order valence-electron chi connectivity index (χ2n) is 5.17. The van der Waals surface area contributed by atoms with Crippen molar-refractivity contribution in [2.24, 2.45) is 0 Å². The van der Waals surface area contributed by atoms with Crippen LogP contribution in [0.25, 0.3) is 15.9 Å². The van der Waals surface area contributed by atoms with Crippen molar-refractivity contribution < 1.29 is 0 Å². The van der Waals surface area contributed by atoms with Crippen molar-refractivity contribution in [2.45, 2.75) is 46.0 Å². The highest BCUT2D eigenvalue weighted by Gasteiger charge is 2.21. The molecule has 0 bridgehead atoms. The lowest BCUT2D eigenvalue weighted by Crippen LogP contribution is -2.01. The van der Waals surface area contributed by atoms with Gasteiger partial charge in [0.2, 0.25) is 0 Å². The molecule has 0 radical (unpaired) electrons. The van der Waals surface area contributed by atoms with Crippen LogP contribution >= 0.6 is 11.3 Å². The quantitative estimate of drug-likeness (QED) is 0.683. The predicted octanol–water partition coefficient (Wildman–Crippen LogP) is 3.09. The zero-order valence-electron chi connectivity index (χ0n) is 11.2. The van der Waals surface area contributed by atoms with Gasteiger partial charge in [-0.05, 0) is 38.2 Å². The van der Waals surface area contributed by atoms with Crippen LogP contribution < -0.4 is 0 Å². The van der Waals surface area contributed by atoms with Crippen LogP contribution in [0.15, 0.2) is 0 Å². The van der Waals surface area contributed by atoms with Gasteiger partial charge in [0, 0.05) is 11.3 Å². The Morgan fingerprint density at radius 3 is 2.89 bits per heavy atom. The Labute approximate surface area is 115 Å². The van der Waals surface area contributed by atoms with Gasteiger partial charge in [-0.15, -0.1) is 16.4 Å². The lowest BCUT2D eigenvalue weighted by atomic mass is 9.97. The second-order valence-corrected chi connectivity index (χ2v) is 6.25. The fraction of sp³-hybridized carbons (Fsp3) is 0.500. The van der Waals surface area contributed by atoms with Gasteiger partial charge in [0.25, 0.3) is 0 Å². The Morgan fingerprint density at radius 2 is 2.05 bits per heavy atom. The largest absolute Gasteiger partial charge is 0.222 e. The Kier molecular flexibility index (Phi) is 2.39. The molecule has 4 rings (SSSR count). The minimum absolute atomic E-state index is 0.870. The summed E-state index contributed by atoms with van der Waals surface area (Å²) in [6.45, 7) is 4.11. The maximum atomic E-state index is 4.74. The summed E-state index contributed by atoms with van der Waals surface area (Å²) in [5.74, 6) is 1.85. The summed E-state index contributed by atoms with van der Waals surface area (Å²) in [6.07, 6.45) is 5.84. The van der Waals surface area contributed by atoms with Crippen LogP contribution in [0.1, 0.15) is 41.9 Å². The summed E-state index contributed by atoms with van der Waals surface area (Å²) >= 11 is 1.85. The number of hydrogen-bond acceptors (Lipinski definition) is 4. The van der Waals surface area contributed by atoms with Gasteiger partial charge >= 0.3 is 0 Å². The van der Waals surface area contributed by atoms with E-state index in [9.17, 15) is 0 Å². The van der Waals surface area contributed by atoms with Gasteiger partial charge in [0.15, 0.2) is 11.5 Å². The van der Waals surface area contributed by atoms with E-state index in [-0.39, 0.29) is 0 Å². The number of rotatable bonds is 1. The topological polar surface area (TPSA) is 43.1 Å². The third-order valence-corrected chi connectivity index (χ3v) is 5.10. The van der Waals surface area contributed by atoms with Crippen LogP contribution in [0, 0.1) is 6.92 Å². The first kappa shape index (κ1) is 11.3. The molecule has 0 spiro atoms. The van der Waals surface area contributed by atoms with E-state index in [0.29, 0.717) is 0 Å². The van der Waals surface area contributed by atoms with Gasteiger partial charge in [0.05, 0.1) is 5.39 Å². The van der Waals surface area contributed by atoms with Gasteiger partial charge in [-0.1, -0.05) is 6.92 Å². The molecule has 0 atom stereocenters. The highest BCUT2D eigenvalue weighted by atomic mass is 32.1. The molecule has 0 unspecified atom stereocenters. The van der Waals surface area contributed by atoms with Crippen LogP contribution in [-0.2, 0) is 19.3 Å². The number of thiophene rings is 1. The van der Waals surface area contributed by atoms with Crippen LogP contribution in [0.2, 0.25) is 0 Å². The average molecular weight is 272 g/mol. The molecule has 1 aliphatic carbocycles. The molecule has 0 N–H and O–H groups in total. The molecule has 5 heteroatoms. The Hall–Kier alpha value is -1.49. The molecule has 0 saturated heterocycles. The van der Waals surface area contributed by atoms with Gasteiger partial charge < -0.3 is 0 Å². The summed E-state index contributed by atoms with van der Waals surface area (Å²) in [6, 6.07) is 0. The summed E-state index contributed by atoms with van der Waals surface area (Å²) in [4.78, 5) is 12.1. The molecule has 0 amide bonds. The van der Waals surface area contributed by atoms with E-state index in [2.05, 4.69) is 12.0 Å². The maximum Gasteiger partial charge on any atom is 0.168 e. The minimum atomic E-state index is 0.870. The Balaban J connectivity index is 2.16. The van der Waals surface area contributed by atoms with Gasteiger partial charge in [-0.2, -0.15) is 4.52 Å². The van der Waals surface area contributed by atoms with Gasteiger partial charge in [0.1, 0.15) is 10.7 Å². The van der Waals surface area contributed by atoms with Crippen molar-refractivity contribution >= 4 is 27.2 Å². The summed E-state index contributed by atoms with van der Waals surface area (Å²) in [5, 5.41) is 5.82. The predicted molar refractivity (Wildman–Crippen MR) is 76.9 cm³/mol. The van der Waals surface area contributed by atoms with E-state index < -0.39 is 0 Å². The van der Waals surface area contributed by atoms with Crippen molar-refractivity contribution in [3.8, 4) is 0 Å². The highest BCUT2D eigenvalue weighted by Crippen LogP contribution is 2.37. The third kappa shape index (κ3) is 1.54. The molecule has 0 saturated carbocycles. The zero-order chi connectivity index (χ0) is 13.0. The molecular weight excluding hydrogens is 256 g/mol. The third-order valence-electron chi connectivity index (χ3n) is 3.91. The molecule has 3 aromatic rings. The monoisotopic (exact) mass is 272 g/mol. The number of aryl methyl sites for hydroxylation is 4. The van der Waals surface area contributed by atoms with Gasteiger partial charge in [-0.3, -0.25) is 0 Å². The minimum Gasteiger partial charge on any atom is -0.222 e. The van der Waals surface area contributed by atoms with Crippen molar-refractivity contribution in [3.63, 3.8) is 0 Å². The summed E-state index contributed by atoms with van der Waals surface area (Å²) in [5.41, 5.74) is 2.50. The normalized spacial score (nSPS) is 15.3. The Bertz CT molecular complexity index is 784. The van der Waals surface area contributed by atoms with Crippen molar-refractivity contribution in [1.82, 2.24) is 19.6 Å². The molecule has 4 nitrogen and oxygen atoms in total. The molecular formula is C14H16N4S. The van der Waals surface area contributed by atoms with Crippen LogP contribution in [0.5, 0.6) is 0 Å². The zero-order valence-corrected chi connectivity index (χ0v) is 12.0. The van der Waals surface area contributed by atoms with Gasteiger partial charge in [-0.25, -0.2) is 9.97 Å². The second kappa shape index (κ2) is 4.00. The van der Waals surface area contributed by atoms with Crippen LogP contribution in [0.4, 0.5) is 0 Å². The van der Waals surface area contributed by atoms with Crippen molar-refractivity contribution in [1.29, 1.82) is 0 Å². The lowest BCUT2D eigenvalue weighted by Gasteiger charge is -2.10. The lowest BCUT2D eigenvalue weighted by molar-refractivity contribution is 0.700. The number of aromatic nitrogens is 4. The number of nitrogens with zero attached hydrogens (tertiary/aromatic N) is 4. The van der Waals surface area contributed by atoms with E-state index >= 15 is 0 Å². The molecule has 0 aliphatic heterocycles. The smallest absolute Gasteiger partial charge is 0.168 e. The molecule has 0 fully saturated rings. The van der Waals surface area contributed by atoms with Crippen molar-refractivity contribution in [2.75, 3.05) is 0 Å².